The molecule has 4 rings (SSSR count). The van der Waals surface area contributed by atoms with Gasteiger partial charge in [-0.3, -0.25) is 14.3 Å². The summed E-state index contributed by atoms with van der Waals surface area (Å²) in [5.74, 6) is -1.18. The number of benzene rings is 1. The third-order valence-electron chi connectivity index (χ3n) is 5.17. The largest absolute Gasteiger partial charge is 0.449 e. The number of anilines is 1. The maximum atomic E-state index is 13.1. The first-order valence-corrected chi connectivity index (χ1v) is 11.1. The van der Waals surface area contributed by atoms with Crippen molar-refractivity contribution in [3.05, 3.63) is 64.7 Å². The minimum absolute atomic E-state index is 0.0635. The maximum absolute atomic E-state index is 13.1. The number of carbonyl (C=O) groups excluding carboxylic acids is 3. The molecule has 0 fully saturated rings. The number of amides is 1. The van der Waals surface area contributed by atoms with Crippen LogP contribution in [0.3, 0.4) is 0 Å². The Balaban J connectivity index is 1.58. The molecule has 4 aromatic rings. The van der Waals surface area contributed by atoms with Crippen LogP contribution in [0.25, 0.3) is 21.6 Å². The molecule has 3 aromatic heterocycles. The lowest BCUT2D eigenvalue weighted by molar-refractivity contribution is -0.123. The van der Waals surface area contributed by atoms with E-state index in [1.807, 2.05) is 17.5 Å². The SMILES string of the molecule is CC(=O)c1ccc(NC(=O)C(C)OC(=O)c2cc(-c3cccs3)nc3c2c(C)nn3C)cc1. The van der Waals surface area contributed by atoms with Crippen LogP contribution >= 0.6 is 11.3 Å². The van der Waals surface area contributed by atoms with Crippen LogP contribution in [0.1, 0.15) is 40.3 Å². The highest BCUT2D eigenvalue weighted by Crippen LogP contribution is 2.30. The van der Waals surface area contributed by atoms with Crippen molar-refractivity contribution in [1.82, 2.24) is 14.8 Å². The summed E-state index contributed by atoms with van der Waals surface area (Å²) in [5.41, 5.74) is 3.19. The Hall–Kier alpha value is -3.85. The number of ketones is 1. The molecule has 8 nitrogen and oxygen atoms in total. The molecule has 0 aliphatic heterocycles. The molecule has 0 saturated heterocycles. The van der Waals surface area contributed by atoms with Gasteiger partial charge in [-0.15, -0.1) is 11.3 Å². The lowest BCUT2D eigenvalue weighted by Crippen LogP contribution is -2.30. The van der Waals surface area contributed by atoms with Crippen LogP contribution in [0.15, 0.2) is 47.8 Å². The first kappa shape index (κ1) is 22.3. The van der Waals surface area contributed by atoms with E-state index in [9.17, 15) is 14.4 Å². The Morgan fingerprint density at radius 1 is 1.15 bits per heavy atom. The van der Waals surface area contributed by atoms with E-state index in [4.69, 9.17) is 4.74 Å². The van der Waals surface area contributed by atoms with Crippen LogP contribution in [0.5, 0.6) is 0 Å². The van der Waals surface area contributed by atoms with Crippen LogP contribution in [-0.2, 0) is 16.6 Å². The van der Waals surface area contributed by atoms with Gasteiger partial charge in [0.25, 0.3) is 5.91 Å². The summed E-state index contributed by atoms with van der Waals surface area (Å²) in [5, 5.41) is 9.61. The summed E-state index contributed by atoms with van der Waals surface area (Å²) in [7, 11) is 1.77. The van der Waals surface area contributed by atoms with Crippen molar-refractivity contribution in [2.75, 3.05) is 5.32 Å². The Morgan fingerprint density at radius 3 is 2.52 bits per heavy atom. The molecule has 3 heterocycles. The smallest absolute Gasteiger partial charge is 0.339 e. The van der Waals surface area contributed by atoms with Gasteiger partial charge in [0, 0.05) is 18.3 Å². The topological polar surface area (TPSA) is 103 Å². The number of nitrogens with zero attached hydrogens (tertiary/aromatic N) is 3. The standard InChI is InChI=1S/C24H22N4O4S/c1-13-21-18(12-19(20-6-5-11-33-20)26-22(21)28(4)27-13)24(31)32-15(3)23(30)25-17-9-7-16(8-10-17)14(2)29/h5-12,15H,1-4H3,(H,25,30). The van der Waals surface area contributed by atoms with Gasteiger partial charge in [0.05, 0.1) is 27.2 Å². The van der Waals surface area contributed by atoms with E-state index >= 15 is 0 Å². The first-order valence-electron chi connectivity index (χ1n) is 10.3. The first-order chi connectivity index (χ1) is 15.7. The fraction of sp³-hybridized carbons (Fsp3) is 0.208. The average molecular weight is 463 g/mol. The van der Waals surface area contributed by atoms with Crippen LogP contribution in [0, 0.1) is 6.92 Å². The highest BCUT2D eigenvalue weighted by atomic mass is 32.1. The fourth-order valence-corrected chi connectivity index (χ4v) is 4.15. The quantitative estimate of drug-likeness (QED) is 0.337. The molecule has 33 heavy (non-hydrogen) atoms. The monoisotopic (exact) mass is 462 g/mol. The third kappa shape index (κ3) is 4.54. The summed E-state index contributed by atoms with van der Waals surface area (Å²) >= 11 is 1.51. The van der Waals surface area contributed by atoms with E-state index in [-0.39, 0.29) is 5.78 Å². The van der Waals surface area contributed by atoms with E-state index in [1.165, 1.54) is 25.2 Å². The van der Waals surface area contributed by atoms with Gasteiger partial charge in [0.1, 0.15) is 0 Å². The Morgan fingerprint density at radius 2 is 1.88 bits per heavy atom. The second-order valence-electron chi connectivity index (χ2n) is 7.61. The van der Waals surface area contributed by atoms with Crippen LogP contribution < -0.4 is 5.32 Å². The number of aromatic nitrogens is 3. The van der Waals surface area contributed by atoms with Crippen molar-refractivity contribution in [3.63, 3.8) is 0 Å². The Labute approximate surface area is 194 Å². The zero-order chi connectivity index (χ0) is 23.7. The predicted molar refractivity (Wildman–Crippen MR) is 127 cm³/mol. The third-order valence-corrected chi connectivity index (χ3v) is 6.07. The molecular formula is C24H22N4O4S. The van der Waals surface area contributed by atoms with E-state index < -0.39 is 18.0 Å². The van der Waals surface area contributed by atoms with Gasteiger partial charge in [-0.1, -0.05) is 6.07 Å². The normalized spacial score (nSPS) is 11.9. The van der Waals surface area contributed by atoms with Gasteiger partial charge in [0.15, 0.2) is 17.5 Å². The van der Waals surface area contributed by atoms with Gasteiger partial charge < -0.3 is 10.1 Å². The minimum atomic E-state index is -1.05. The molecule has 1 unspecified atom stereocenters. The number of hydrogen-bond donors (Lipinski definition) is 1. The lowest BCUT2D eigenvalue weighted by atomic mass is 10.1. The maximum Gasteiger partial charge on any atom is 0.339 e. The number of carbonyl (C=O) groups is 3. The summed E-state index contributed by atoms with van der Waals surface area (Å²) < 4.78 is 7.13. The van der Waals surface area contributed by atoms with Gasteiger partial charge in [-0.2, -0.15) is 5.10 Å². The molecule has 0 saturated carbocycles. The number of Topliss-reactive ketones (excluding diaryl/α,β-unsaturated/α-hetero) is 1. The summed E-state index contributed by atoms with van der Waals surface area (Å²) in [6.07, 6.45) is -1.05. The van der Waals surface area contributed by atoms with E-state index in [0.29, 0.717) is 39.2 Å². The minimum Gasteiger partial charge on any atom is -0.449 e. The lowest BCUT2D eigenvalue weighted by Gasteiger charge is -2.14. The molecule has 9 heteroatoms. The molecular weight excluding hydrogens is 440 g/mol. The van der Waals surface area contributed by atoms with Crippen molar-refractivity contribution in [3.8, 4) is 10.6 Å². The number of hydrogen-bond acceptors (Lipinski definition) is 7. The van der Waals surface area contributed by atoms with Gasteiger partial charge >= 0.3 is 5.97 Å². The molecule has 1 aromatic carbocycles. The molecule has 168 valence electrons. The molecule has 1 N–H and O–H groups in total. The second kappa shape index (κ2) is 8.95. The highest BCUT2D eigenvalue weighted by Gasteiger charge is 2.24. The number of aryl methyl sites for hydroxylation is 2. The molecule has 0 radical (unpaired) electrons. The molecule has 0 aliphatic rings. The van der Waals surface area contributed by atoms with Crippen molar-refractivity contribution in [2.24, 2.45) is 7.05 Å². The molecule has 0 spiro atoms. The average Bonchev–Trinajstić information content (AvgIpc) is 3.42. The number of nitrogens with one attached hydrogen (secondary N) is 1. The number of esters is 1. The number of thiophene rings is 1. The molecule has 0 bridgehead atoms. The highest BCUT2D eigenvalue weighted by molar-refractivity contribution is 7.13. The number of ether oxygens (including phenoxy) is 1. The number of pyridine rings is 1. The Kier molecular flexibility index (Phi) is 6.06. The van der Waals surface area contributed by atoms with Crippen molar-refractivity contribution in [2.45, 2.75) is 26.9 Å². The predicted octanol–water partition coefficient (Wildman–Crippen LogP) is 4.39. The second-order valence-corrected chi connectivity index (χ2v) is 8.56. The van der Waals surface area contributed by atoms with Crippen molar-refractivity contribution >= 4 is 45.7 Å². The van der Waals surface area contributed by atoms with Crippen LogP contribution in [-0.4, -0.2) is 38.5 Å². The summed E-state index contributed by atoms with van der Waals surface area (Å²) in [4.78, 5) is 42.7. The van der Waals surface area contributed by atoms with E-state index in [1.54, 1.807) is 49.0 Å². The zero-order valence-electron chi connectivity index (χ0n) is 18.6. The van der Waals surface area contributed by atoms with Gasteiger partial charge in [-0.25, -0.2) is 9.78 Å². The van der Waals surface area contributed by atoms with Crippen LogP contribution in [0.4, 0.5) is 5.69 Å². The Bertz CT molecular complexity index is 1360. The van der Waals surface area contributed by atoms with Crippen molar-refractivity contribution < 1.29 is 19.1 Å². The zero-order valence-corrected chi connectivity index (χ0v) is 19.4. The number of rotatable bonds is 6. The molecule has 1 atom stereocenters. The summed E-state index contributed by atoms with van der Waals surface area (Å²) in [6, 6.07) is 12.0. The summed E-state index contributed by atoms with van der Waals surface area (Å²) in [6.45, 7) is 4.78. The van der Waals surface area contributed by atoms with E-state index in [0.717, 1.165) is 4.88 Å². The molecule has 1 amide bonds. The van der Waals surface area contributed by atoms with Gasteiger partial charge in [-0.05, 0) is 62.5 Å². The van der Waals surface area contributed by atoms with E-state index in [2.05, 4.69) is 15.4 Å². The van der Waals surface area contributed by atoms with Crippen molar-refractivity contribution in [1.29, 1.82) is 0 Å². The fourth-order valence-electron chi connectivity index (χ4n) is 3.47. The molecule has 0 aliphatic carbocycles. The van der Waals surface area contributed by atoms with Crippen LogP contribution in [0.2, 0.25) is 0 Å². The van der Waals surface area contributed by atoms with Gasteiger partial charge in [0.2, 0.25) is 0 Å². The number of fused-ring (bicyclic) bond motifs is 1.